The van der Waals surface area contributed by atoms with Crippen LogP contribution in [0.5, 0.6) is 0 Å². The molecule has 0 aliphatic heterocycles. The van der Waals surface area contributed by atoms with Gasteiger partial charge in [-0.15, -0.1) is 0 Å². The Morgan fingerprint density at radius 2 is 2.38 bits per heavy atom. The first kappa shape index (κ1) is 10.1. The number of aryl methyl sites for hydroxylation is 1. The number of nitrogens with one attached hydrogen (secondary N) is 1. The molecule has 0 aromatic carbocycles. The monoisotopic (exact) mass is 187 g/mol. The van der Waals surface area contributed by atoms with Crippen molar-refractivity contribution in [1.82, 2.24) is 9.55 Å². The molecule has 0 radical (unpaired) electrons. The van der Waals surface area contributed by atoms with Crippen molar-refractivity contribution in [3.05, 3.63) is 17.2 Å². The predicted octanol–water partition coefficient (Wildman–Crippen LogP) is -1.02. The minimum absolute atomic E-state index is 0.0523. The number of hydrogen-bond acceptors (Lipinski definition) is 4. The Bertz CT molecular complexity index is 272. The second-order valence-electron chi connectivity index (χ2n) is 2.72. The van der Waals surface area contributed by atoms with Gasteiger partial charge in [0, 0.05) is 13.2 Å². The van der Waals surface area contributed by atoms with Gasteiger partial charge in [0.2, 0.25) is 0 Å². The van der Waals surface area contributed by atoms with Crippen LogP contribution in [0, 0.1) is 12.1 Å². The molecular weight excluding hydrogens is 174 g/mol. The zero-order valence-corrected chi connectivity index (χ0v) is 7.40. The lowest BCUT2D eigenvalue weighted by Gasteiger charge is -2.13. The molecule has 0 fully saturated rings. The first-order chi connectivity index (χ1) is 6.16. The molecule has 13 heavy (non-hydrogen) atoms. The number of hydrogen-bond donors (Lipinski definition) is 3. The number of rotatable bonds is 4. The fourth-order valence-corrected chi connectivity index (χ4v) is 1.15. The van der Waals surface area contributed by atoms with Crippen molar-refractivity contribution in [2.75, 3.05) is 6.61 Å². The average Bonchev–Trinajstić information content (AvgIpc) is 2.43. The Hall–Kier alpha value is -0.950. The summed E-state index contributed by atoms with van der Waals surface area (Å²) < 4.78 is 1.58. The van der Waals surface area contributed by atoms with E-state index in [1.165, 1.54) is 6.20 Å². The highest BCUT2D eigenvalue weighted by atomic mass is 16.8. The molecule has 0 spiro atoms. The van der Waals surface area contributed by atoms with Crippen molar-refractivity contribution in [2.24, 2.45) is 0 Å². The van der Waals surface area contributed by atoms with Gasteiger partial charge in [0.15, 0.2) is 0 Å². The zero-order valence-electron chi connectivity index (χ0n) is 7.40. The fraction of sp³-hybridized carbons (Fsp3) is 0.571. The van der Waals surface area contributed by atoms with E-state index in [0.717, 1.165) is 0 Å². The molecule has 3 N–H and O–H groups in total. The normalized spacial score (nSPS) is 13.2. The van der Waals surface area contributed by atoms with Crippen molar-refractivity contribution >= 4 is 5.82 Å². The maximum absolute atomic E-state index is 10.7. The second-order valence-corrected chi connectivity index (χ2v) is 2.72. The van der Waals surface area contributed by atoms with Gasteiger partial charge in [-0.2, -0.15) is 5.23 Å². The summed E-state index contributed by atoms with van der Waals surface area (Å²) in [5, 5.41) is 27.0. The van der Waals surface area contributed by atoms with E-state index >= 15 is 0 Å². The molecule has 1 unspecified atom stereocenters. The molecule has 74 valence electrons. The van der Waals surface area contributed by atoms with Crippen LogP contribution in [-0.4, -0.2) is 26.5 Å². The number of imidazole rings is 1. The molecule has 1 atom stereocenters. The number of quaternary nitrogens is 1. The summed E-state index contributed by atoms with van der Waals surface area (Å²) in [7, 11) is 0. The first-order valence-corrected chi connectivity index (χ1v) is 4.03. The smallest absolute Gasteiger partial charge is 0.259 e. The van der Waals surface area contributed by atoms with E-state index in [-0.39, 0.29) is 12.4 Å². The van der Waals surface area contributed by atoms with Crippen molar-refractivity contribution < 1.29 is 15.5 Å². The third kappa shape index (κ3) is 2.25. The van der Waals surface area contributed by atoms with Crippen LogP contribution in [0.2, 0.25) is 0 Å². The number of aliphatic hydroxyl groups is 1. The van der Waals surface area contributed by atoms with Gasteiger partial charge in [-0.05, 0) is 13.3 Å². The summed E-state index contributed by atoms with van der Waals surface area (Å²) in [4.78, 5) is 3.89. The molecule has 6 heteroatoms. The van der Waals surface area contributed by atoms with Gasteiger partial charge >= 0.3 is 0 Å². The molecule has 0 bridgehead atoms. The summed E-state index contributed by atoms with van der Waals surface area (Å²) in [6, 6.07) is 0. The lowest BCUT2D eigenvalue weighted by Crippen LogP contribution is -2.99. The van der Waals surface area contributed by atoms with Gasteiger partial charge < -0.3 is 10.3 Å². The van der Waals surface area contributed by atoms with Gasteiger partial charge in [-0.1, -0.05) is 0 Å². The van der Waals surface area contributed by atoms with E-state index in [2.05, 4.69) is 4.98 Å². The predicted molar refractivity (Wildman–Crippen MR) is 44.4 cm³/mol. The van der Waals surface area contributed by atoms with Gasteiger partial charge in [-0.3, -0.25) is 4.57 Å². The first-order valence-electron chi connectivity index (χ1n) is 4.03. The molecule has 0 aliphatic carbocycles. The third-order valence-electron chi connectivity index (χ3n) is 1.81. The van der Waals surface area contributed by atoms with E-state index in [9.17, 15) is 5.21 Å². The van der Waals surface area contributed by atoms with Crippen LogP contribution < -0.4 is 5.23 Å². The van der Waals surface area contributed by atoms with E-state index in [4.69, 9.17) is 10.3 Å². The van der Waals surface area contributed by atoms with Crippen LogP contribution in [0.1, 0.15) is 12.2 Å². The maximum atomic E-state index is 10.7. The van der Waals surface area contributed by atoms with Crippen LogP contribution in [0.15, 0.2) is 6.20 Å². The minimum Gasteiger partial charge on any atom is -0.594 e. The lowest BCUT2D eigenvalue weighted by atomic mass is 10.4. The summed E-state index contributed by atoms with van der Waals surface area (Å²) in [6.45, 7) is 2.28. The molecule has 0 aliphatic rings. The van der Waals surface area contributed by atoms with Gasteiger partial charge in [0.05, 0.1) is 0 Å². The molecule has 0 amide bonds. The Morgan fingerprint density at radius 1 is 1.69 bits per heavy atom. The molecule has 0 saturated carbocycles. The SMILES string of the molecule is Cc1ncc([NH+]([O-])O)n1CCCO. The Balaban J connectivity index is 2.82. The highest BCUT2D eigenvalue weighted by Gasteiger charge is 2.11. The average molecular weight is 187 g/mol. The molecule has 0 saturated heterocycles. The molecular formula is C7H13N3O3. The Morgan fingerprint density at radius 3 is 2.92 bits per heavy atom. The zero-order chi connectivity index (χ0) is 9.84. The molecule has 1 aromatic rings. The largest absolute Gasteiger partial charge is 0.594 e. The Kier molecular flexibility index (Phi) is 3.38. The summed E-state index contributed by atoms with van der Waals surface area (Å²) in [6.07, 6.45) is 1.87. The lowest BCUT2D eigenvalue weighted by molar-refractivity contribution is -0.994. The van der Waals surface area contributed by atoms with E-state index in [0.29, 0.717) is 18.8 Å². The fourth-order valence-electron chi connectivity index (χ4n) is 1.15. The molecule has 1 rings (SSSR count). The van der Waals surface area contributed by atoms with Crippen molar-refractivity contribution in [2.45, 2.75) is 19.9 Å². The number of aromatic nitrogens is 2. The Labute approximate surface area is 75.6 Å². The number of nitrogens with zero attached hydrogens (tertiary/aromatic N) is 2. The maximum Gasteiger partial charge on any atom is 0.259 e. The summed E-state index contributed by atoms with van der Waals surface area (Å²) in [5.74, 6) is 0.830. The highest BCUT2D eigenvalue weighted by molar-refractivity contribution is 5.17. The van der Waals surface area contributed by atoms with Crippen LogP contribution in [0.4, 0.5) is 5.82 Å². The summed E-state index contributed by atoms with van der Waals surface area (Å²) in [5.41, 5.74) is 0. The van der Waals surface area contributed by atoms with Crippen LogP contribution in [0.3, 0.4) is 0 Å². The van der Waals surface area contributed by atoms with Crippen molar-refractivity contribution in [1.29, 1.82) is 0 Å². The van der Waals surface area contributed by atoms with Crippen LogP contribution in [-0.2, 0) is 6.54 Å². The van der Waals surface area contributed by atoms with Crippen LogP contribution >= 0.6 is 0 Å². The van der Waals surface area contributed by atoms with Crippen molar-refractivity contribution in [3.8, 4) is 0 Å². The van der Waals surface area contributed by atoms with E-state index in [1.807, 2.05) is 0 Å². The van der Waals surface area contributed by atoms with Gasteiger partial charge in [0.1, 0.15) is 12.0 Å². The van der Waals surface area contributed by atoms with Crippen molar-refractivity contribution in [3.63, 3.8) is 0 Å². The van der Waals surface area contributed by atoms with E-state index < -0.39 is 5.23 Å². The second kappa shape index (κ2) is 4.33. The van der Waals surface area contributed by atoms with Crippen LogP contribution in [0.25, 0.3) is 0 Å². The summed E-state index contributed by atoms with van der Waals surface area (Å²) >= 11 is 0. The highest BCUT2D eigenvalue weighted by Crippen LogP contribution is 2.06. The van der Waals surface area contributed by atoms with Gasteiger partial charge in [-0.25, -0.2) is 10.2 Å². The topological polar surface area (TPSA) is 85.8 Å². The molecule has 6 nitrogen and oxygen atoms in total. The standard InChI is InChI=1S/C7H13N3O3/c1-6-8-5-7(10(12)13)9(6)3-2-4-11/h5,10-12H,2-4H2,1H3. The van der Waals surface area contributed by atoms with E-state index in [1.54, 1.807) is 11.5 Å². The molecule has 1 heterocycles. The molecule has 1 aromatic heterocycles. The minimum atomic E-state index is -0.987. The number of aliphatic hydroxyl groups excluding tert-OH is 1. The quantitative estimate of drug-likeness (QED) is 0.526. The third-order valence-corrected chi connectivity index (χ3v) is 1.81. The van der Waals surface area contributed by atoms with Gasteiger partial charge in [0.25, 0.3) is 5.82 Å².